The Labute approximate surface area is 195 Å². The molecule has 0 amide bonds. The van der Waals surface area contributed by atoms with Crippen LogP contribution in [0.4, 0.5) is 5.82 Å². The van der Waals surface area contributed by atoms with E-state index in [4.69, 9.17) is 16.6 Å². The Kier molecular flexibility index (Phi) is 8.34. The van der Waals surface area contributed by atoms with Crippen LogP contribution in [-0.2, 0) is 0 Å². The van der Waals surface area contributed by atoms with Crippen molar-refractivity contribution in [3.05, 3.63) is 65.0 Å². The number of H-pyrrole nitrogens is 1. The maximum atomic E-state index is 6.35. The number of anilines is 1. The minimum absolute atomic E-state index is 0.0144. The number of pyridine rings is 1. The van der Waals surface area contributed by atoms with E-state index in [0.29, 0.717) is 16.8 Å². The summed E-state index contributed by atoms with van der Waals surface area (Å²) in [5, 5.41) is 14.4. The number of hydrogen-bond donors (Lipinski definition) is 3. The quantitative estimate of drug-likeness (QED) is 0.318. The second kappa shape index (κ2) is 11.4. The van der Waals surface area contributed by atoms with Gasteiger partial charge in [-0.05, 0) is 31.8 Å². The minimum atomic E-state index is -0.0574. The zero-order chi connectivity index (χ0) is 22.9. The van der Waals surface area contributed by atoms with Crippen molar-refractivity contribution in [1.29, 1.82) is 0 Å². The van der Waals surface area contributed by atoms with E-state index in [1.807, 2.05) is 31.4 Å². The number of likely N-dealkylation sites (N-methyl/N-ethyl adjacent to an activating group) is 1. The largest absolute Gasteiger partial charge is 0.375 e. The van der Waals surface area contributed by atoms with E-state index in [2.05, 4.69) is 75.5 Å². The molecule has 0 saturated heterocycles. The molecule has 8 heteroatoms. The van der Waals surface area contributed by atoms with E-state index >= 15 is 0 Å². The fraction of sp³-hybridized carbons (Fsp3) is 0.375. The normalized spacial score (nSPS) is 16.5. The van der Waals surface area contributed by atoms with Crippen LogP contribution in [-0.4, -0.2) is 39.0 Å². The Morgan fingerprint density at radius 2 is 2.22 bits per heavy atom. The number of unbranched alkanes of at least 4 members (excludes halogenated alkanes) is 1. The summed E-state index contributed by atoms with van der Waals surface area (Å²) in [6.07, 6.45) is 10.7. The van der Waals surface area contributed by atoms with Crippen molar-refractivity contribution >= 4 is 23.3 Å². The van der Waals surface area contributed by atoms with Gasteiger partial charge in [0, 0.05) is 37.5 Å². The molecular weight excluding hydrogens is 422 g/mol. The maximum absolute atomic E-state index is 6.35. The summed E-state index contributed by atoms with van der Waals surface area (Å²) in [4.78, 5) is 11.2. The summed E-state index contributed by atoms with van der Waals surface area (Å²) < 4.78 is 0. The summed E-state index contributed by atoms with van der Waals surface area (Å²) in [7, 11) is 2.01. The molecule has 3 rings (SSSR count). The molecule has 168 valence electrons. The molecule has 0 spiro atoms. The van der Waals surface area contributed by atoms with Crippen molar-refractivity contribution in [2.24, 2.45) is 4.99 Å². The van der Waals surface area contributed by atoms with Gasteiger partial charge in [-0.25, -0.2) is 9.98 Å². The third kappa shape index (κ3) is 5.92. The average molecular weight is 452 g/mol. The van der Waals surface area contributed by atoms with Gasteiger partial charge in [0.15, 0.2) is 5.82 Å². The first kappa shape index (κ1) is 23.4. The highest BCUT2D eigenvalue weighted by Gasteiger charge is 2.26. The standard InChI is InChI=1S/C24H30ClN7/c1-5-7-9-11-18-15-21(31-30-18)28-22-16-27-20(13-8-6-2)24(29-22)32(4)17(3)19-12-10-14-26-23(19)25/h8,10,12-17,20,27H,5-7H2,1-4H3,(H2,28,30,31)/b13-8+. The molecule has 3 N–H and O–H groups in total. The molecule has 3 heterocycles. The first-order valence-electron chi connectivity index (χ1n) is 10.9. The number of hydrogen-bond acceptors (Lipinski definition) is 6. The number of nitrogens with one attached hydrogen (secondary N) is 3. The van der Waals surface area contributed by atoms with Crippen LogP contribution in [0.3, 0.4) is 0 Å². The third-order valence-electron chi connectivity index (χ3n) is 5.09. The molecule has 2 unspecified atom stereocenters. The Morgan fingerprint density at radius 1 is 1.38 bits per heavy atom. The Hall–Kier alpha value is -3.24. The minimum Gasteiger partial charge on any atom is -0.375 e. The molecule has 1 aliphatic heterocycles. The molecule has 0 saturated carbocycles. The van der Waals surface area contributed by atoms with Crippen LogP contribution in [0.5, 0.6) is 0 Å². The molecule has 0 bridgehead atoms. The van der Waals surface area contributed by atoms with Crippen LogP contribution in [0.1, 0.15) is 57.3 Å². The summed E-state index contributed by atoms with van der Waals surface area (Å²) in [6, 6.07) is 5.69. The predicted molar refractivity (Wildman–Crippen MR) is 131 cm³/mol. The van der Waals surface area contributed by atoms with Gasteiger partial charge in [0.2, 0.25) is 0 Å². The SMILES string of the molecule is CC/C=C/C1NC=C(Nc2cc(C#CCCC)[nH]n2)N=C1N(C)C(C)c1cccnc1Cl. The van der Waals surface area contributed by atoms with E-state index < -0.39 is 0 Å². The first-order chi connectivity index (χ1) is 15.5. The Morgan fingerprint density at radius 3 is 2.97 bits per heavy atom. The molecule has 2 aromatic rings. The molecule has 0 aromatic carbocycles. The van der Waals surface area contributed by atoms with E-state index in [9.17, 15) is 0 Å². The lowest BCUT2D eigenvalue weighted by Gasteiger charge is -2.34. The van der Waals surface area contributed by atoms with Gasteiger partial charge >= 0.3 is 0 Å². The smallest absolute Gasteiger partial charge is 0.154 e. The summed E-state index contributed by atoms with van der Waals surface area (Å²) in [5.74, 6) is 8.39. The van der Waals surface area contributed by atoms with Crippen LogP contribution < -0.4 is 10.6 Å². The molecule has 2 aromatic heterocycles. The third-order valence-corrected chi connectivity index (χ3v) is 5.41. The lowest BCUT2D eigenvalue weighted by Crippen LogP contribution is -2.45. The highest BCUT2D eigenvalue weighted by molar-refractivity contribution is 6.30. The second-order valence-corrected chi connectivity index (χ2v) is 7.85. The van der Waals surface area contributed by atoms with E-state index in [1.165, 1.54) is 0 Å². The van der Waals surface area contributed by atoms with Crippen molar-refractivity contribution in [3.63, 3.8) is 0 Å². The van der Waals surface area contributed by atoms with Gasteiger partial charge < -0.3 is 15.5 Å². The predicted octanol–water partition coefficient (Wildman–Crippen LogP) is 4.85. The number of allylic oxidation sites excluding steroid dienone is 1. The van der Waals surface area contributed by atoms with Crippen LogP contribution >= 0.6 is 11.6 Å². The molecular formula is C24H30ClN7. The van der Waals surface area contributed by atoms with E-state index in [1.54, 1.807) is 6.20 Å². The number of nitrogens with zero attached hydrogens (tertiary/aromatic N) is 4. The van der Waals surface area contributed by atoms with Crippen molar-refractivity contribution in [1.82, 2.24) is 25.4 Å². The highest BCUT2D eigenvalue weighted by Crippen LogP contribution is 2.26. The summed E-state index contributed by atoms with van der Waals surface area (Å²) >= 11 is 6.35. The van der Waals surface area contributed by atoms with Crippen LogP contribution in [0.2, 0.25) is 5.15 Å². The maximum Gasteiger partial charge on any atom is 0.154 e. The second-order valence-electron chi connectivity index (χ2n) is 7.49. The van der Waals surface area contributed by atoms with Crippen LogP contribution in [0.25, 0.3) is 0 Å². The van der Waals surface area contributed by atoms with E-state index in [0.717, 1.165) is 36.4 Å². The van der Waals surface area contributed by atoms with Crippen molar-refractivity contribution in [2.45, 2.75) is 52.1 Å². The van der Waals surface area contributed by atoms with Gasteiger partial charge in [0.1, 0.15) is 28.5 Å². The molecule has 7 nitrogen and oxygen atoms in total. The fourth-order valence-electron chi connectivity index (χ4n) is 3.23. The lowest BCUT2D eigenvalue weighted by molar-refractivity contribution is 0.387. The molecule has 1 aliphatic rings. The molecule has 0 radical (unpaired) electrons. The number of rotatable bonds is 7. The average Bonchev–Trinajstić information content (AvgIpc) is 3.24. The van der Waals surface area contributed by atoms with Gasteiger partial charge in [-0.3, -0.25) is 5.10 Å². The van der Waals surface area contributed by atoms with Gasteiger partial charge in [0.05, 0.1) is 6.04 Å². The fourth-order valence-corrected chi connectivity index (χ4v) is 3.50. The highest BCUT2D eigenvalue weighted by atomic mass is 35.5. The number of aromatic amines is 1. The van der Waals surface area contributed by atoms with Crippen molar-refractivity contribution < 1.29 is 0 Å². The topological polar surface area (TPSA) is 81.2 Å². The van der Waals surface area contributed by atoms with Gasteiger partial charge in [0.25, 0.3) is 0 Å². The van der Waals surface area contributed by atoms with Crippen LogP contribution in [0.15, 0.2) is 53.6 Å². The molecule has 2 atom stereocenters. The molecule has 0 fully saturated rings. The summed E-state index contributed by atoms with van der Waals surface area (Å²) in [5.41, 5.74) is 1.72. The molecule has 32 heavy (non-hydrogen) atoms. The zero-order valence-electron chi connectivity index (χ0n) is 19.0. The monoisotopic (exact) mass is 451 g/mol. The summed E-state index contributed by atoms with van der Waals surface area (Å²) in [6.45, 7) is 6.31. The van der Waals surface area contributed by atoms with Gasteiger partial charge in [-0.1, -0.05) is 49.6 Å². The Bertz CT molecular complexity index is 1060. The van der Waals surface area contributed by atoms with E-state index in [-0.39, 0.29) is 12.1 Å². The molecule has 0 aliphatic carbocycles. The number of aliphatic imine (C=N–C) groups is 1. The number of halogens is 1. The zero-order valence-corrected chi connectivity index (χ0v) is 19.7. The lowest BCUT2D eigenvalue weighted by atomic mass is 10.1. The van der Waals surface area contributed by atoms with Gasteiger partial charge in [-0.15, -0.1) is 0 Å². The number of amidine groups is 1. The van der Waals surface area contributed by atoms with Crippen molar-refractivity contribution in [2.75, 3.05) is 12.4 Å². The van der Waals surface area contributed by atoms with Crippen LogP contribution in [0, 0.1) is 11.8 Å². The Balaban J connectivity index is 1.82. The van der Waals surface area contributed by atoms with Gasteiger partial charge in [-0.2, -0.15) is 5.10 Å². The number of aromatic nitrogens is 3. The first-order valence-corrected chi connectivity index (χ1v) is 11.3. The van der Waals surface area contributed by atoms with Crippen molar-refractivity contribution in [3.8, 4) is 11.8 Å².